The summed E-state index contributed by atoms with van der Waals surface area (Å²) in [6.07, 6.45) is 1.81. The van der Waals surface area contributed by atoms with Crippen LogP contribution in [-0.4, -0.2) is 31.6 Å². The molecule has 0 saturated heterocycles. The normalized spacial score (nSPS) is 12.6. The van der Waals surface area contributed by atoms with Gasteiger partial charge in [-0.2, -0.15) is 0 Å². The van der Waals surface area contributed by atoms with E-state index in [1.54, 1.807) is 12.1 Å². The van der Waals surface area contributed by atoms with Crippen LogP contribution in [0.15, 0.2) is 30.5 Å². The molecule has 0 bridgehead atoms. The number of phenolic OH excluding ortho intramolecular Hbond substituents is 1. The lowest BCUT2D eigenvalue weighted by Gasteiger charge is -2.36. The number of phenols is 1. The van der Waals surface area contributed by atoms with Crippen molar-refractivity contribution in [3.05, 3.63) is 30.5 Å². The van der Waals surface area contributed by atoms with Crippen LogP contribution in [-0.2, 0) is 4.43 Å². The Morgan fingerprint density at radius 3 is 2.64 bits per heavy atom. The van der Waals surface area contributed by atoms with Crippen LogP contribution in [0.5, 0.6) is 5.75 Å². The van der Waals surface area contributed by atoms with Crippen LogP contribution in [0.25, 0.3) is 10.9 Å². The lowest BCUT2D eigenvalue weighted by atomic mass is 10.2. The molecule has 2 aromatic rings. The molecule has 2 N–H and O–H groups in total. The predicted octanol–water partition coefficient (Wildman–Crippen LogP) is 4.37. The third kappa shape index (κ3) is 3.99. The molecule has 0 fully saturated rings. The van der Waals surface area contributed by atoms with E-state index in [1.807, 2.05) is 18.3 Å². The van der Waals surface area contributed by atoms with E-state index in [4.69, 9.17) is 4.43 Å². The van der Waals surface area contributed by atoms with Gasteiger partial charge in [0.2, 0.25) is 0 Å². The standard InChI is InChI=1S/C17H26N2O2Si/c1-17(2,3)22(4,5)21-9-8-18-14-10-13-11-15(20)6-7-16(13)19-12-14/h6-7,10-12,18,20H,8-9H2,1-5H3. The number of rotatable bonds is 5. The first-order chi connectivity index (χ1) is 10.2. The minimum atomic E-state index is -1.68. The summed E-state index contributed by atoms with van der Waals surface area (Å²) < 4.78 is 6.14. The van der Waals surface area contributed by atoms with Gasteiger partial charge in [0.05, 0.1) is 24.0 Å². The fourth-order valence-corrected chi connectivity index (χ4v) is 2.98. The van der Waals surface area contributed by atoms with Crippen molar-refractivity contribution in [1.29, 1.82) is 0 Å². The number of hydrogen-bond acceptors (Lipinski definition) is 4. The summed E-state index contributed by atoms with van der Waals surface area (Å²) in [7, 11) is -1.68. The monoisotopic (exact) mass is 318 g/mol. The maximum atomic E-state index is 9.54. The minimum Gasteiger partial charge on any atom is -0.508 e. The molecule has 5 heteroatoms. The summed E-state index contributed by atoms with van der Waals surface area (Å²) >= 11 is 0. The maximum Gasteiger partial charge on any atom is 0.192 e. The van der Waals surface area contributed by atoms with E-state index in [-0.39, 0.29) is 10.8 Å². The molecule has 0 radical (unpaired) electrons. The van der Waals surface area contributed by atoms with Gasteiger partial charge >= 0.3 is 0 Å². The molecule has 22 heavy (non-hydrogen) atoms. The Hall–Kier alpha value is -1.59. The van der Waals surface area contributed by atoms with Crippen LogP contribution < -0.4 is 5.32 Å². The number of aromatic hydroxyl groups is 1. The molecule has 0 aliphatic heterocycles. The van der Waals surface area contributed by atoms with Crippen LogP contribution in [0.1, 0.15) is 20.8 Å². The highest BCUT2D eigenvalue weighted by atomic mass is 28.4. The van der Waals surface area contributed by atoms with Crippen LogP contribution in [0.4, 0.5) is 5.69 Å². The zero-order valence-electron chi connectivity index (χ0n) is 14.1. The highest BCUT2D eigenvalue weighted by Gasteiger charge is 2.36. The summed E-state index contributed by atoms with van der Waals surface area (Å²) in [5.74, 6) is 0.257. The first-order valence-corrected chi connectivity index (χ1v) is 10.6. The van der Waals surface area contributed by atoms with Gasteiger partial charge in [0.15, 0.2) is 8.32 Å². The van der Waals surface area contributed by atoms with Crippen molar-refractivity contribution in [2.45, 2.75) is 38.9 Å². The van der Waals surface area contributed by atoms with Gasteiger partial charge in [-0.1, -0.05) is 20.8 Å². The lowest BCUT2D eigenvalue weighted by Crippen LogP contribution is -2.41. The number of anilines is 1. The second-order valence-electron chi connectivity index (χ2n) is 7.14. The molecule has 2 rings (SSSR count). The molecule has 0 amide bonds. The van der Waals surface area contributed by atoms with Gasteiger partial charge in [-0.25, -0.2) is 0 Å². The Morgan fingerprint density at radius 1 is 1.23 bits per heavy atom. The van der Waals surface area contributed by atoms with Gasteiger partial charge in [-0.3, -0.25) is 4.98 Å². The van der Waals surface area contributed by atoms with Crippen LogP contribution in [0.2, 0.25) is 18.1 Å². The Balaban J connectivity index is 1.92. The molecule has 0 unspecified atom stereocenters. The summed E-state index contributed by atoms with van der Waals surface area (Å²) in [6, 6.07) is 7.18. The van der Waals surface area contributed by atoms with Crippen LogP contribution in [0.3, 0.4) is 0 Å². The third-order valence-corrected chi connectivity index (χ3v) is 8.90. The van der Waals surface area contributed by atoms with E-state index in [9.17, 15) is 5.11 Å². The van der Waals surface area contributed by atoms with Gasteiger partial charge in [0.1, 0.15) is 5.75 Å². The molecular formula is C17H26N2O2Si. The number of pyridine rings is 1. The highest BCUT2D eigenvalue weighted by molar-refractivity contribution is 6.74. The Kier molecular flexibility index (Phi) is 4.77. The van der Waals surface area contributed by atoms with Crippen LogP contribution >= 0.6 is 0 Å². The van der Waals surface area contributed by atoms with E-state index in [0.29, 0.717) is 6.61 Å². The molecule has 1 aromatic heterocycles. The second-order valence-corrected chi connectivity index (χ2v) is 11.9. The zero-order chi connectivity index (χ0) is 16.4. The lowest BCUT2D eigenvalue weighted by molar-refractivity contribution is 0.301. The zero-order valence-corrected chi connectivity index (χ0v) is 15.1. The van der Waals surface area contributed by atoms with E-state index in [1.165, 1.54) is 0 Å². The van der Waals surface area contributed by atoms with Crippen molar-refractivity contribution in [3.8, 4) is 5.75 Å². The van der Waals surface area contributed by atoms with E-state index in [2.05, 4.69) is 44.2 Å². The molecule has 0 spiro atoms. The van der Waals surface area contributed by atoms with Crippen molar-refractivity contribution in [1.82, 2.24) is 4.98 Å². The Morgan fingerprint density at radius 2 is 1.95 bits per heavy atom. The number of aromatic nitrogens is 1. The molecule has 4 nitrogen and oxygen atoms in total. The summed E-state index contributed by atoms with van der Waals surface area (Å²) in [6.45, 7) is 12.7. The SMILES string of the molecule is CC(C)(C)[Si](C)(C)OCCNc1cnc2ccc(O)cc2c1. The first-order valence-electron chi connectivity index (χ1n) is 7.66. The van der Waals surface area contributed by atoms with Gasteiger partial charge < -0.3 is 14.8 Å². The molecule has 1 aromatic carbocycles. The first kappa shape index (κ1) is 16.8. The fourth-order valence-electron chi connectivity index (χ4n) is 1.93. The number of benzene rings is 1. The largest absolute Gasteiger partial charge is 0.508 e. The fraction of sp³-hybridized carbons (Fsp3) is 0.471. The molecule has 0 atom stereocenters. The van der Waals surface area contributed by atoms with E-state index in [0.717, 1.165) is 23.1 Å². The highest BCUT2D eigenvalue weighted by Crippen LogP contribution is 2.36. The Bertz CT molecular complexity index is 651. The van der Waals surface area contributed by atoms with Crippen molar-refractivity contribution in [2.75, 3.05) is 18.5 Å². The molecule has 0 saturated carbocycles. The quantitative estimate of drug-likeness (QED) is 0.635. The number of hydrogen-bond donors (Lipinski definition) is 2. The average molecular weight is 318 g/mol. The van der Waals surface area contributed by atoms with Gasteiger partial charge in [-0.05, 0) is 42.4 Å². The van der Waals surface area contributed by atoms with Crippen molar-refractivity contribution in [3.63, 3.8) is 0 Å². The van der Waals surface area contributed by atoms with Crippen molar-refractivity contribution < 1.29 is 9.53 Å². The van der Waals surface area contributed by atoms with Crippen LogP contribution in [0, 0.1) is 0 Å². The maximum absolute atomic E-state index is 9.54. The van der Waals surface area contributed by atoms with Gasteiger partial charge in [-0.15, -0.1) is 0 Å². The molecule has 1 heterocycles. The summed E-state index contributed by atoms with van der Waals surface area (Å²) in [4.78, 5) is 4.38. The third-order valence-electron chi connectivity index (χ3n) is 4.37. The number of nitrogens with one attached hydrogen (secondary N) is 1. The van der Waals surface area contributed by atoms with Gasteiger partial charge in [0.25, 0.3) is 0 Å². The average Bonchev–Trinajstić information content (AvgIpc) is 2.42. The van der Waals surface area contributed by atoms with E-state index >= 15 is 0 Å². The minimum absolute atomic E-state index is 0.231. The Labute approximate surface area is 133 Å². The molecule has 120 valence electrons. The van der Waals surface area contributed by atoms with Crippen molar-refractivity contribution >= 4 is 24.9 Å². The number of fused-ring (bicyclic) bond motifs is 1. The van der Waals surface area contributed by atoms with Gasteiger partial charge in [0, 0.05) is 11.9 Å². The molecular weight excluding hydrogens is 292 g/mol. The predicted molar refractivity (Wildman–Crippen MR) is 95.0 cm³/mol. The number of nitrogens with zero attached hydrogens (tertiary/aromatic N) is 1. The molecule has 0 aliphatic carbocycles. The summed E-state index contributed by atoms with van der Waals surface area (Å²) in [5, 5.41) is 14.0. The van der Waals surface area contributed by atoms with E-state index < -0.39 is 8.32 Å². The smallest absolute Gasteiger partial charge is 0.192 e. The molecule has 0 aliphatic rings. The topological polar surface area (TPSA) is 54.4 Å². The summed E-state index contributed by atoms with van der Waals surface area (Å²) in [5.41, 5.74) is 1.82. The second kappa shape index (κ2) is 6.26. The van der Waals surface area contributed by atoms with Crippen molar-refractivity contribution in [2.24, 2.45) is 0 Å².